The number of para-hydroxylation sites is 1. The van der Waals surface area contributed by atoms with Crippen LogP contribution in [0.3, 0.4) is 0 Å². The number of unbranched alkanes of at least 4 members (excludes halogenated alkanes) is 1. The van der Waals surface area contributed by atoms with Crippen molar-refractivity contribution < 1.29 is 18.7 Å². The first kappa shape index (κ1) is 17.0. The van der Waals surface area contributed by atoms with E-state index in [9.17, 15) is 9.18 Å². The van der Waals surface area contributed by atoms with Crippen LogP contribution in [0, 0.1) is 5.82 Å². The molecule has 1 N–H and O–H groups in total. The number of hydrogen-bond acceptors (Lipinski definition) is 3. The highest BCUT2D eigenvalue weighted by atomic mass is 19.1. The van der Waals surface area contributed by atoms with Crippen LogP contribution in [0.15, 0.2) is 54.1 Å². The number of benzene rings is 2. The van der Waals surface area contributed by atoms with Crippen LogP contribution in [0.5, 0.6) is 11.5 Å². The minimum atomic E-state index is -0.279. The van der Waals surface area contributed by atoms with Crippen molar-refractivity contribution in [3.63, 3.8) is 0 Å². The summed E-state index contributed by atoms with van der Waals surface area (Å²) in [6, 6.07) is 13.6. The maximum absolute atomic E-state index is 12.8. The molecule has 0 radical (unpaired) electrons. The van der Waals surface area contributed by atoms with E-state index >= 15 is 0 Å². The number of halogens is 1. The van der Waals surface area contributed by atoms with Gasteiger partial charge >= 0.3 is 0 Å². The summed E-state index contributed by atoms with van der Waals surface area (Å²) in [5.74, 6) is 1.07. The second-order valence-electron chi connectivity index (χ2n) is 5.76. The lowest BCUT2D eigenvalue weighted by Gasteiger charge is -2.17. The second-order valence-corrected chi connectivity index (χ2v) is 5.76. The number of carbonyl (C=O) groups is 1. The molecule has 1 aliphatic heterocycles. The van der Waals surface area contributed by atoms with Crippen LogP contribution in [0.25, 0.3) is 6.08 Å². The fourth-order valence-corrected chi connectivity index (χ4v) is 2.51. The largest absolute Gasteiger partial charge is 0.494 e. The molecule has 25 heavy (non-hydrogen) atoms. The zero-order valence-electron chi connectivity index (χ0n) is 13.8. The molecular formula is C20H20FNO3. The number of carbonyl (C=O) groups excluding carboxylic acids is 1. The second kappa shape index (κ2) is 8.33. The van der Waals surface area contributed by atoms with Crippen molar-refractivity contribution in [3.05, 3.63) is 65.5 Å². The number of amides is 1. The van der Waals surface area contributed by atoms with Gasteiger partial charge in [0.1, 0.15) is 23.9 Å². The van der Waals surface area contributed by atoms with E-state index in [1.165, 1.54) is 12.1 Å². The van der Waals surface area contributed by atoms with Gasteiger partial charge in [0, 0.05) is 12.1 Å². The third-order valence-corrected chi connectivity index (χ3v) is 3.86. The van der Waals surface area contributed by atoms with E-state index < -0.39 is 0 Å². The smallest absolute Gasteiger partial charge is 0.250 e. The molecule has 1 heterocycles. The van der Waals surface area contributed by atoms with Crippen LogP contribution in [0.1, 0.15) is 18.4 Å². The SMILES string of the molecule is O=C(NCCCCOc1ccc(F)cc1)C1=Cc2ccccc2OC1. The zero-order chi connectivity index (χ0) is 17.5. The fraction of sp³-hybridized carbons (Fsp3) is 0.250. The number of fused-ring (bicyclic) bond motifs is 1. The Bertz CT molecular complexity index is 756. The van der Waals surface area contributed by atoms with Gasteiger partial charge in [0.2, 0.25) is 0 Å². The summed E-state index contributed by atoms with van der Waals surface area (Å²) < 4.78 is 23.9. The Morgan fingerprint density at radius 2 is 1.92 bits per heavy atom. The molecule has 5 heteroatoms. The van der Waals surface area contributed by atoms with Crippen LogP contribution in [0.2, 0.25) is 0 Å². The average molecular weight is 341 g/mol. The van der Waals surface area contributed by atoms with Crippen LogP contribution in [-0.4, -0.2) is 25.7 Å². The molecule has 2 aromatic carbocycles. The maximum Gasteiger partial charge on any atom is 0.250 e. The molecule has 4 nitrogen and oxygen atoms in total. The van der Waals surface area contributed by atoms with E-state index in [4.69, 9.17) is 9.47 Å². The van der Waals surface area contributed by atoms with E-state index in [0.717, 1.165) is 24.2 Å². The van der Waals surface area contributed by atoms with Crippen LogP contribution in [0.4, 0.5) is 4.39 Å². The molecule has 0 spiro atoms. The highest BCUT2D eigenvalue weighted by molar-refractivity contribution is 5.99. The van der Waals surface area contributed by atoms with Gasteiger partial charge in [-0.25, -0.2) is 4.39 Å². The lowest BCUT2D eigenvalue weighted by Crippen LogP contribution is -2.29. The van der Waals surface area contributed by atoms with Gasteiger partial charge in [0.15, 0.2) is 0 Å². The van der Waals surface area contributed by atoms with E-state index in [0.29, 0.717) is 24.5 Å². The Kier molecular flexibility index (Phi) is 5.67. The molecule has 0 unspecified atom stereocenters. The minimum absolute atomic E-state index is 0.103. The predicted octanol–water partition coefficient (Wildman–Crippen LogP) is 3.58. The standard InChI is InChI=1S/C20H20FNO3/c21-17-7-9-18(10-8-17)24-12-4-3-11-22-20(23)16-13-15-5-1-2-6-19(15)25-14-16/h1-2,5-10,13H,3-4,11-12,14H2,(H,22,23). The highest BCUT2D eigenvalue weighted by Crippen LogP contribution is 2.25. The molecule has 1 aliphatic rings. The van der Waals surface area contributed by atoms with E-state index in [1.807, 2.05) is 30.3 Å². The molecule has 2 aromatic rings. The summed E-state index contributed by atoms with van der Waals surface area (Å²) in [6.07, 6.45) is 3.47. The average Bonchev–Trinajstić information content (AvgIpc) is 2.65. The minimum Gasteiger partial charge on any atom is -0.494 e. The van der Waals surface area contributed by atoms with Crippen molar-refractivity contribution in [2.75, 3.05) is 19.8 Å². The monoisotopic (exact) mass is 341 g/mol. The van der Waals surface area contributed by atoms with Gasteiger partial charge in [0.05, 0.1) is 12.2 Å². The number of hydrogen-bond donors (Lipinski definition) is 1. The molecule has 0 aliphatic carbocycles. The Hall–Kier alpha value is -2.82. The molecule has 0 bridgehead atoms. The zero-order valence-corrected chi connectivity index (χ0v) is 13.8. The van der Waals surface area contributed by atoms with Crippen LogP contribution >= 0.6 is 0 Å². The fourth-order valence-electron chi connectivity index (χ4n) is 2.51. The Labute approximate surface area is 146 Å². The van der Waals surface area contributed by atoms with Gasteiger partial charge in [-0.1, -0.05) is 18.2 Å². The van der Waals surface area contributed by atoms with E-state index in [2.05, 4.69) is 5.32 Å². The summed E-state index contributed by atoms with van der Waals surface area (Å²) in [5, 5.41) is 2.90. The van der Waals surface area contributed by atoms with Crippen molar-refractivity contribution in [3.8, 4) is 11.5 Å². The summed E-state index contributed by atoms with van der Waals surface area (Å²) in [7, 11) is 0. The van der Waals surface area contributed by atoms with Crippen molar-refractivity contribution in [2.24, 2.45) is 0 Å². The van der Waals surface area contributed by atoms with Crippen LogP contribution < -0.4 is 14.8 Å². The summed E-state index contributed by atoms with van der Waals surface area (Å²) in [4.78, 5) is 12.2. The molecule has 130 valence electrons. The molecular weight excluding hydrogens is 321 g/mol. The Morgan fingerprint density at radius 3 is 2.76 bits per heavy atom. The van der Waals surface area contributed by atoms with Gasteiger partial charge in [-0.3, -0.25) is 4.79 Å². The lowest BCUT2D eigenvalue weighted by molar-refractivity contribution is -0.117. The first-order chi connectivity index (χ1) is 12.2. The predicted molar refractivity (Wildman–Crippen MR) is 94.1 cm³/mol. The molecule has 0 aromatic heterocycles. The van der Waals surface area contributed by atoms with Crippen molar-refractivity contribution in [2.45, 2.75) is 12.8 Å². The molecule has 0 saturated heterocycles. The quantitative estimate of drug-likeness (QED) is 0.783. The van der Waals surface area contributed by atoms with Gasteiger partial charge in [-0.15, -0.1) is 0 Å². The van der Waals surface area contributed by atoms with Crippen molar-refractivity contribution in [1.29, 1.82) is 0 Å². The molecule has 0 fully saturated rings. The molecule has 3 rings (SSSR count). The topological polar surface area (TPSA) is 47.6 Å². The normalized spacial score (nSPS) is 12.6. The summed E-state index contributed by atoms with van der Waals surface area (Å²) >= 11 is 0. The molecule has 1 amide bonds. The molecule has 0 atom stereocenters. The van der Waals surface area contributed by atoms with Gasteiger partial charge < -0.3 is 14.8 Å². The third kappa shape index (κ3) is 4.83. The number of ether oxygens (including phenoxy) is 2. The Balaban J connectivity index is 1.36. The van der Waals surface area contributed by atoms with E-state index in [-0.39, 0.29) is 18.3 Å². The number of nitrogens with one attached hydrogen (secondary N) is 1. The van der Waals surface area contributed by atoms with Gasteiger partial charge in [-0.05, 0) is 49.2 Å². The van der Waals surface area contributed by atoms with Gasteiger partial charge in [0.25, 0.3) is 5.91 Å². The Morgan fingerprint density at radius 1 is 1.12 bits per heavy atom. The van der Waals surface area contributed by atoms with Crippen molar-refractivity contribution >= 4 is 12.0 Å². The lowest BCUT2D eigenvalue weighted by atomic mass is 10.1. The number of rotatable bonds is 7. The third-order valence-electron chi connectivity index (χ3n) is 3.86. The summed E-state index contributed by atoms with van der Waals surface area (Å²) in [5.41, 5.74) is 1.55. The first-order valence-electron chi connectivity index (χ1n) is 8.31. The summed E-state index contributed by atoms with van der Waals surface area (Å²) in [6.45, 7) is 1.39. The van der Waals surface area contributed by atoms with Crippen molar-refractivity contribution in [1.82, 2.24) is 5.32 Å². The van der Waals surface area contributed by atoms with Gasteiger partial charge in [-0.2, -0.15) is 0 Å². The maximum atomic E-state index is 12.8. The molecule has 0 saturated carbocycles. The highest BCUT2D eigenvalue weighted by Gasteiger charge is 2.16. The van der Waals surface area contributed by atoms with E-state index in [1.54, 1.807) is 12.1 Å². The first-order valence-corrected chi connectivity index (χ1v) is 8.31. The van der Waals surface area contributed by atoms with Crippen LogP contribution in [-0.2, 0) is 4.79 Å².